The maximum Gasteiger partial charge on any atom is 0.217 e. The number of likely N-dealkylation sites (tertiary alicyclic amines) is 1. The summed E-state index contributed by atoms with van der Waals surface area (Å²) >= 11 is 0. The van der Waals surface area contributed by atoms with Gasteiger partial charge in [-0.3, -0.25) is 9.69 Å². The number of methoxy groups -OCH3 is 1. The molecule has 5 nitrogen and oxygen atoms in total. The smallest absolute Gasteiger partial charge is 0.217 e. The summed E-state index contributed by atoms with van der Waals surface area (Å²) < 4.78 is 5.27. The quantitative estimate of drug-likeness (QED) is 0.790. The lowest BCUT2D eigenvalue weighted by Crippen LogP contribution is -2.43. The molecule has 1 aromatic rings. The summed E-state index contributed by atoms with van der Waals surface area (Å²) in [5.41, 5.74) is 1.96. The van der Waals surface area contributed by atoms with Gasteiger partial charge in [0.05, 0.1) is 7.11 Å². The van der Waals surface area contributed by atoms with E-state index in [0.29, 0.717) is 12.2 Å². The lowest BCUT2D eigenvalue weighted by Gasteiger charge is -2.32. The van der Waals surface area contributed by atoms with Crippen molar-refractivity contribution in [1.29, 1.82) is 0 Å². The zero-order valence-corrected chi connectivity index (χ0v) is 14.0. The molecule has 1 aromatic carbocycles. The van der Waals surface area contributed by atoms with Gasteiger partial charge >= 0.3 is 0 Å². The number of piperidine rings is 1. The highest BCUT2D eigenvalue weighted by atomic mass is 16.5. The van der Waals surface area contributed by atoms with Gasteiger partial charge in [-0.1, -0.05) is 12.1 Å². The van der Waals surface area contributed by atoms with Crippen molar-refractivity contribution in [1.82, 2.24) is 10.2 Å². The first kappa shape index (κ1) is 17.3. The number of carbonyl (C=O) groups is 1. The van der Waals surface area contributed by atoms with Crippen LogP contribution >= 0.6 is 0 Å². The summed E-state index contributed by atoms with van der Waals surface area (Å²) in [6, 6.07) is 4.19. The molecular formula is C18H26N2O3. The van der Waals surface area contributed by atoms with Gasteiger partial charge in [-0.05, 0) is 30.9 Å². The van der Waals surface area contributed by atoms with Crippen molar-refractivity contribution in [2.45, 2.75) is 38.8 Å². The number of ether oxygens (including phenoxy) is 1. The molecule has 0 radical (unpaired) electrons. The third-order valence-electron chi connectivity index (χ3n) is 4.20. The van der Waals surface area contributed by atoms with E-state index in [0.717, 1.165) is 43.6 Å². The molecule has 5 heteroatoms. The van der Waals surface area contributed by atoms with Gasteiger partial charge in [0.1, 0.15) is 0 Å². The molecule has 1 saturated heterocycles. The molecule has 0 spiro atoms. The molecule has 2 rings (SSSR count). The van der Waals surface area contributed by atoms with Crippen molar-refractivity contribution in [3.63, 3.8) is 0 Å². The second-order valence-electron chi connectivity index (χ2n) is 6.05. The van der Waals surface area contributed by atoms with Crippen LogP contribution in [0.3, 0.4) is 0 Å². The maximum absolute atomic E-state index is 11.1. The lowest BCUT2D eigenvalue weighted by atomic mass is 10.0. The number of hydrogen-bond acceptors (Lipinski definition) is 4. The van der Waals surface area contributed by atoms with Gasteiger partial charge < -0.3 is 15.2 Å². The van der Waals surface area contributed by atoms with E-state index in [9.17, 15) is 9.90 Å². The normalized spacial score (nSPS) is 16.1. The van der Waals surface area contributed by atoms with E-state index in [-0.39, 0.29) is 17.7 Å². The van der Waals surface area contributed by atoms with Crippen molar-refractivity contribution in [2.24, 2.45) is 0 Å². The summed E-state index contributed by atoms with van der Waals surface area (Å²) in [6.07, 6.45) is 4.32. The van der Waals surface area contributed by atoms with Crippen LogP contribution in [-0.4, -0.2) is 42.2 Å². The van der Waals surface area contributed by atoms with Gasteiger partial charge in [-0.2, -0.15) is 0 Å². The van der Waals surface area contributed by atoms with Crippen molar-refractivity contribution >= 4 is 5.91 Å². The van der Waals surface area contributed by atoms with Crippen LogP contribution in [0.15, 0.2) is 24.8 Å². The van der Waals surface area contributed by atoms with Crippen LogP contribution in [0.4, 0.5) is 0 Å². The SMILES string of the molecule is C=CCc1cc(CN2CCC(NC(C)=O)CC2)cc(OC)c1O. The third-order valence-corrected chi connectivity index (χ3v) is 4.20. The van der Waals surface area contributed by atoms with Gasteiger partial charge in [0.25, 0.3) is 0 Å². The first-order chi connectivity index (χ1) is 11.0. The number of hydrogen-bond donors (Lipinski definition) is 2. The van der Waals surface area contributed by atoms with Crippen LogP contribution in [0.2, 0.25) is 0 Å². The molecule has 1 amide bonds. The van der Waals surface area contributed by atoms with Crippen molar-refractivity contribution in [3.8, 4) is 11.5 Å². The Morgan fingerprint density at radius 3 is 2.74 bits per heavy atom. The van der Waals surface area contributed by atoms with E-state index in [1.165, 1.54) is 0 Å². The fourth-order valence-electron chi connectivity index (χ4n) is 3.07. The molecule has 0 bridgehead atoms. The highest BCUT2D eigenvalue weighted by Crippen LogP contribution is 2.32. The standard InChI is InChI=1S/C18H26N2O3/c1-4-5-15-10-14(11-17(23-3)18(15)22)12-20-8-6-16(7-9-20)19-13(2)21/h4,10-11,16,22H,1,5-9,12H2,2-3H3,(H,19,21). The Hall–Kier alpha value is -2.01. The molecule has 1 heterocycles. The van der Waals surface area contributed by atoms with Gasteiger partial charge in [0.2, 0.25) is 5.91 Å². The van der Waals surface area contributed by atoms with Gasteiger partial charge in [-0.25, -0.2) is 0 Å². The van der Waals surface area contributed by atoms with E-state index in [1.54, 1.807) is 20.1 Å². The number of phenols is 1. The van der Waals surface area contributed by atoms with E-state index in [4.69, 9.17) is 4.74 Å². The maximum atomic E-state index is 11.1. The second-order valence-corrected chi connectivity index (χ2v) is 6.05. The molecule has 1 fully saturated rings. The second kappa shape index (κ2) is 8.02. The molecule has 0 aliphatic carbocycles. The number of benzene rings is 1. The van der Waals surface area contributed by atoms with Crippen molar-refractivity contribution < 1.29 is 14.6 Å². The Labute approximate surface area is 137 Å². The minimum Gasteiger partial charge on any atom is -0.504 e. The van der Waals surface area contributed by atoms with Crippen LogP contribution in [-0.2, 0) is 17.8 Å². The van der Waals surface area contributed by atoms with Gasteiger partial charge in [0, 0.05) is 38.2 Å². The number of aromatic hydroxyl groups is 1. The average molecular weight is 318 g/mol. The summed E-state index contributed by atoms with van der Waals surface area (Å²) in [5, 5.41) is 13.1. The Bertz CT molecular complexity index is 564. The van der Waals surface area contributed by atoms with Crippen LogP contribution in [0.5, 0.6) is 11.5 Å². The van der Waals surface area contributed by atoms with Crippen molar-refractivity contribution in [3.05, 3.63) is 35.9 Å². The summed E-state index contributed by atoms with van der Waals surface area (Å²) in [5.74, 6) is 0.744. The molecular weight excluding hydrogens is 292 g/mol. The zero-order valence-electron chi connectivity index (χ0n) is 14.0. The largest absolute Gasteiger partial charge is 0.504 e. The fraction of sp³-hybridized carbons (Fsp3) is 0.500. The topological polar surface area (TPSA) is 61.8 Å². The predicted molar refractivity (Wildman–Crippen MR) is 90.7 cm³/mol. The van der Waals surface area contributed by atoms with Crippen LogP contribution in [0.25, 0.3) is 0 Å². The van der Waals surface area contributed by atoms with E-state index < -0.39 is 0 Å². The molecule has 0 aromatic heterocycles. The zero-order chi connectivity index (χ0) is 16.8. The Kier molecular flexibility index (Phi) is 6.04. The number of carbonyl (C=O) groups excluding carboxylic acids is 1. The van der Waals surface area contributed by atoms with Crippen LogP contribution < -0.4 is 10.1 Å². The molecule has 1 aliphatic rings. The lowest BCUT2D eigenvalue weighted by molar-refractivity contribution is -0.119. The predicted octanol–water partition coefficient (Wildman–Crippen LogP) is 2.23. The van der Waals surface area contributed by atoms with Crippen molar-refractivity contribution in [2.75, 3.05) is 20.2 Å². The highest BCUT2D eigenvalue weighted by Gasteiger charge is 2.20. The first-order valence-corrected chi connectivity index (χ1v) is 8.02. The highest BCUT2D eigenvalue weighted by molar-refractivity contribution is 5.73. The molecule has 1 aliphatic heterocycles. The Morgan fingerprint density at radius 1 is 1.48 bits per heavy atom. The summed E-state index contributed by atoms with van der Waals surface area (Å²) in [4.78, 5) is 13.5. The minimum absolute atomic E-state index is 0.0424. The molecule has 2 N–H and O–H groups in total. The monoisotopic (exact) mass is 318 g/mol. The van der Waals surface area contributed by atoms with Crippen LogP contribution in [0, 0.1) is 0 Å². The molecule has 0 saturated carbocycles. The van der Waals surface area contributed by atoms with Crippen LogP contribution in [0.1, 0.15) is 30.9 Å². The molecule has 0 atom stereocenters. The third kappa shape index (κ3) is 4.73. The number of allylic oxidation sites excluding steroid dienone is 1. The molecule has 0 unspecified atom stereocenters. The number of rotatable bonds is 6. The number of amides is 1. The van der Waals surface area contributed by atoms with E-state index >= 15 is 0 Å². The minimum atomic E-state index is 0.0424. The number of nitrogens with one attached hydrogen (secondary N) is 1. The molecule has 23 heavy (non-hydrogen) atoms. The number of phenolic OH excluding ortho intramolecular Hbond substituents is 1. The summed E-state index contributed by atoms with van der Waals surface area (Å²) in [6.45, 7) is 8.01. The van der Waals surface area contributed by atoms with E-state index in [2.05, 4.69) is 16.8 Å². The van der Waals surface area contributed by atoms with Gasteiger partial charge in [0.15, 0.2) is 11.5 Å². The number of nitrogens with zero attached hydrogens (tertiary/aromatic N) is 1. The fourth-order valence-corrected chi connectivity index (χ4v) is 3.07. The first-order valence-electron chi connectivity index (χ1n) is 8.02. The Balaban J connectivity index is 2.02. The summed E-state index contributed by atoms with van der Waals surface area (Å²) in [7, 11) is 1.56. The van der Waals surface area contributed by atoms with Gasteiger partial charge in [-0.15, -0.1) is 6.58 Å². The average Bonchev–Trinajstić information content (AvgIpc) is 2.52. The van der Waals surface area contributed by atoms with E-state index in [1.807, 2.05) is 12.1 Å². The molecule has 126 valence electrons. The Morgan fingerprint density at radius 2 is 2.17 bits per heavy atom.